The normalized spacial score (nSPS) is 9.45. The number of nitrogens with one attached hydrogen (secondary N) is 1. The smallest absolute Gasteiger partial charge is 0.0187 e. The molecule has 0 fully saturated rings. The molecule has 0 saturated heterocycles. The van der Waals surface area contributed by atoms with Gasteiger partial charge in [-0.2, -0.15) is 0 Å². The van der Waals surface area contributed by atoms with Gasteiger partial charge in [-0.05, 0) is 25.6 Å². The van der Waals surface area contributed by atoms with Gasteiger partial charge in [-0.1, -0.05) is 37.8 Å². The second-order valence-corrected chi connectivity index (χ2v) is 2.12. The van der Waals surface area contributed by atoms with Gasteiger partial charge in [0.1, 0.15) is 0 Å². The molecule has 0 amide bonds. The first kappa shape index (κ1) is 12.6. The van der Waals surface area contributed by atoms with Gasteiger partial charge in [0.25, 0.3) is 0 Å². The number of hydrogen-bond donors (Lipinski definition) is 1. The van der Waals surface area contributed by atoms with E-state index in [0.717, 1.165) is 12.0 Å². The van der Waals surface area contributed by atoms with Crippen molar-refractivity contribution >= 4 is 6.72 Å². The third-order valence-corrected chi connectivity index (χ3v) is 1.10. The predicted molar refractivity (Wildman–Crippen MR) is 53.2 cm³/mol. The average molecular weight is 151 g/mol. The Labute approximate surface area is 69.6 Å². The lowest BCUT2D eigenvalue weighted by molar-refractivity contribution is 1.14. The SMILES string of the molecule is C=C/C(=C\C(=C)C)CC.C=N. The second-order valence-electron chi connectivity index (χ2n) is 2.12. The standard InChI is InChI=1S/C9H14.CH3N/c1-5-9(6-2)7-8(3)4;1-2/h5,7H,1,3,6H2,2,4H3;2H,1H2/b9-7+;. The molecule has 0 bridgehead atoms. The number of rotatable bonds is 3. The van der Waals surface area contributed by atoms with E-state index in [4.69, 9.17) is 5.41 Å². The monoisotopic (exact) mass is 151 g/mol. The summed E-state index contributed by atoms with van der Waals surface area (Å²) in [5.41, 5.74) is 2.34. The fraction of sp³-hybridized carbons (Fsp3) is 0.300. The van der Waals surface area contributed by atoms with E-state index >= 15 is 0 Å². The summed E-state index contributed by atoms with van der Waals surface area (Å²) in [5, 5.41) is 5.50. The van der Waals surface area contributed by atoms with Gasteiger partial charge in [0.2, 0.25) is 0 Å². The van der Waals surface area contributed by atoms with Gasteiger partial charge in [0.05, 0.1) is 0 Å². The van der Waals surface area contributed by atoms with Crippen molar-refractivity contribution in [2.75, 3.05) is 0 Å². The molecule has 1 heteroatoms. The van der Waals surface area contributed by atoms with Gasteiger partial charge in [0, 0.05) is 0 Å². The molecule has 0 radical (unpaired) electrons. The van der Waals surface area contributed by atoms with Crippen molar-refractivity contribution in [3.8, 4) is 0 Å². The molecule has 0 saturated carbocycles. The Kier molecular flexibility index (Phi) is 10.1. The Morgan fingerprint density at radius 1 is 1.45 bits per heavy atom. The summed E-state index contributed by atoms with van der Waals surface area (Å²) >= 11 is 0. The zero-order valence-electron chi connectivity index (χ0n) is 7.48. The first-order valence-corrected chi connectivity index (χ1v) is 3.54. The molecule has 1 nitrogen and oxygen atoms in total. The van der Waals surface area contributed by atoms with Crippen LogP contribution in [-0.4, -0.2) is 6.72 Å². The van der Waals surface area contributed by atoms with Crippen LogP contribution in [0.25, 0.3) is 0 Å². The molecule has 0 aliphatic heterocycles. The van der Waals surface area contributed by atoms with E-state index < -0.39 is 0 Å². The van der Waals surface area contributed by atoms with Crippen LogP contribution in [0.1, 0.15) is 20.3 Å². The van der Waals surface area contributed by atoms with E-state index in [2.05, 4.69) is 26.8 Å². The van der Waals surface area contributed by atoms with Crippen molar-refractivity contribution in [3.63, 3.8) is 0 Å². The van der Waals surface area contributed by atoms with Gasteiger partial charge in [-0.25, -0.2) is 0 Å². The molecular weight excluding hydrogens is 134 g/mol. The van der Waals surface area contributed by atoms with Crippen molar-refractivity contribution in [1.29, 1.82) is 5.41 Å². The van der Waals surface area contributed by atoms with E-state index in [1.54, 1.807) is 0 Å². The maximum absolute atomic E-state index is 5.50. The lowest BCUT2D eigenvalue weighted by atomic mass is 10.1. The fourth-order valence-electron chi connectivity index (χ4n) is 0.622. The van der Waals surface area contributed by atoms with Crippen molar-refractivity contribution in [3.05, 3.63) is 36.5 Å². The molecule has 0 aromatic heterocycles. The van der Waals surface area contributed by atoms with Crippen molar-refractivity contribution < 1.29 is 0 Å². The Hall–Kier alpha value is -1.11. The van der Waals surface area contributed by atoms with Gasteiger partial charge in [0.15, 0.2) is 0 Å². The van der Waals surface area contributed by atoms with E-state index in [9.17, 15) is 0 Å². The topological polar surface area (TPSA) is 23.9 Å². The molecule has 0 atom stereocenters. The molecule has 0 aliphatic rings. The largest absolute Gasteiger partial charge is 0.317 e. The van der Waals surface area contributed by atoms with Crippen molar-refractivity contribution in [2.24, 2.45) is 0 Å². The molecule has 0 rings (SSSR count). The zero-order chi connectivity index (χ0) is 9.28. The van der Waals surface area contributed by atoms with Gasteiger partial charge in [-0.3, -0.25) is 0 Å². The summed E-state index contributed by atoms with van der Waals surface area (Å²) < 4.78 is 0. The Bertz CT molecular complexity index is 154. The maximum atomic E-state index is 5.50. The first-order valence-electron chi connectivity index (χ1n) is 3.54. The van der Waals surface area contributed by atoms with Crippen molar-refractivity contribution in [2.45, 2.75) is 20.3 Å². The highest BCUT2D eigenvalue weighted by Gasteiger charge is 1.83. The molecule has 0 unspecified atom stereocenters. The van der Waals surface area contributed by atoms with Gasteiger partial charge in [-0.15, -0.1) is 0 Å². The lowest BCUT2D eigenvalue weighted by Gasteiger charge is -1.93. The highest BCUT2D eigenvalue weighted by atomic mass is 14.2. The van der Waals surface area contributed by atoms with Gasteiger partial charge >= 0.3 is 0 Å². The third kappa shape index (κ3) is 8.89. The van der Waals surface area contributed by atoms with Crippen LogP contribution >= 0.6 is 0 Å². The molecular formula is C10H17N. The van der Waals surface area contributed by atoms with E-state index in [-0.39, 0.29) is 0 Å². The molecule has 0 heterocycles. The quantitative estimate of drug-likeness (QED) is 0.472. The third-order valence-electron chi connectivity index (χ3n) is 1.10. The molecule has 1 N–H and O–H groups in total. The predicted octanol–water partition coefficient (Wildman–Crippen LogP) is 3.35. The molecule has 0 aliphatic carbocycles. The average Bonchev–Trinajstić information content (AvgIpc) is 2.03. The summed E-state index contributed by atoms with van der Waals surface area (Å²) in [6.45, 7) is 14.0. The molecule has 0 spiro atoms. The van der Waals surface area contributed by atoms with Crippen molar-refractivity contribution in [1.82, 2.24) is 0 Å². The maximum Gasteiger partial charge on any atom is -0.0187 e. The Morgan fingerprint density at radius 3 is 2.00 bits per heavy atom. The van der Waals surface area contributed by atoms with Crippen LogP contribution in [0.5, 0.6) is 0 Å². The van der Waals surface area contributed by atoms with E-state index in [1.165, 1.54) is 5.57 Å². The van der Waals surface area contributed by atoms with E-state index in [1.807, 2.05) is 19.1 Å². The van der Waals surface area contributed by atoms with Gasteiger partial charge < -0.3 is 5.41 Å². The Balaban J connectivity index is 0. The van der Waals surface area contributed by atoms with Crippen LogP contribution in [0.3, 0.4) is 0 Å². The minimum atomic E-state index is 1.04. The molecule has 11 heavy (non-hydrogen) atoms. The highest BCUT2D eigenvalue weighted by molar-refractivity contribution is 5.25. The summed E-state index contributed by atoms with van der Waals surface area (Å²) in [6.07, 6.45) is 4.96. The van der Waals surface area contributed by atoms with Crippen LogP contribution in [0.2, 0.25) is 0 Å². The van der Waals surface area contributed by atoms with Crippen LogP contribution in [0, 0.1) is 5.41 Å². The second kappa shape index (κ2) is 8.89. The fourth-order valence-corrected chi connectivity index (χ4v) is 0.622. The van der Waals surface area contributed by atoms with E-state index in [0.29, 0.717) is 0 Å². The molecule has 62 valence electrons. The van der Waals surface area contributed by atoms with Crippen LogP contribution in [0.4, 0.5) is 0 Å². The minimum Gasteiger partial charge on any atom is -0.317 e. The summed E-state index contributed by atoms with van der Waals surface area (Å²) in [5.74, 6) is 0. The number of hydrogen-bond acceptors (Lipinski definition) is 1. The van der Waals surface area contributed by atoms with Crippen LogP contribution < -0.4 is 0 Å². The molecule has 0 aromatic carbocycles. The summed E-state index contributed by atoms with van der Waals surface area (Å²) in [7, 11) is 0. The summed E-state index contributed by atoms with van der Waals surface area (Å²) in [6, 6.07) is 0. The first-order chi connectivity index (χ1) is 5.20. The van der Waals surface area contributed by atoms with Crippen LogP contribution in [0.15, 0.2) is 36.5 Å². The lowest BCUT2D eigenvalue weighted by Crippen LogP contribution is -1.73. The number of allylic oxidation sites excluding steroid dienone is 4. The molecule has 0 aromatic rings. The van der Waals surface area contributed by atoms with Crippen LogP contribution in [-0.2, 0) is 0 Å². The minimum absolute atomic E-state index is 1.04. The zero-order valence-corrected chi connectivity index (χ0v) is 7.48. The summed E-state index contributed by atoms with van der Waals surface area (Å²) in [4.78, 5) is 0. The Morgan fingerprint density at radius 2 is 1.91 bits per heavy atom. The highest BCUT2D eigenvalue weighted by Crippen LogP contribution is 2.04.